The third-order valence-electron chi connectivity index (χ3n) is 4.22. The molecule has 1 aliphatic rings. The summed E-state index contributed by atoms with van der Waals surface area (Å²) in [5.74, 6) is -0.192. The summed E-state index contributed by atoms with van der Waals surface area (Å²) in [6.45, 7) is 5.92. The van der Waals surface area contributed by atoms with E-state index in [0.717, 1.165) is 43.9 Å². The molecule has 0 amide bonds. The van der Waals surface area contributed by atoms with Crippen LogP contribution in [0.25, 0.3) is 0 Å². The Balaban J connectivity index is 1.97. The molecule has 1 atom stereocenters. The number of benzene rings is 1. The molecular weight excluding hydrogens is 277 g/mol. The molecule has 1 N–H and O–H groups in total. The molecule has 0 saturated carbocycles. The van der Waals surface area contributed by atoms with E-state index >= 15 is 0 Å². The second-order valence-electron chi connectivity index (χ2n) is 5.69. The normalized spacial score (nSPS) is 17.4. The molecule has 4 heteroatoms. The van der Waals surface area contributed by atoms with Gasteiger partial charge in [-0.25, -0.2) is 4.39 Å². The summed E-state index contributed by atoms with van der Waals surface area (Å²) in [6.07, 6.45) is 2.91. The second-order valence-corrected chi connectivity index (χ2v) is 5.69. The summed E-state index contributed by atoms with van der Waals surface area (Å²) in [5, 5.41) is 3.37. The van der Waals surface area contributed by atoms with Gasteiger partial charge in [-0.05, 0) is 35.7 Å². The van der Waals surface area contributed by atoms with E-state index in [-0.39, 0.29) is 11.9 Å². The van der Waals surface area contributed by atoms with Crippen LogP contribution in [0.2, 0.25) is 0 Å². The number of hydrogen-bond acceptors (Lipinski definition) is 3. The standard InChI is InChI=1S/C18H22FN3/c1-2-14-6-7-17(21-13-14)18(22-10-8-20-9-11-22)15-4-3-5-16(19)12-15/h3-7,12-13,18,20H,2,8-11H2,1H3. The predicted molar refractivity (Wildman–Crippen MR) is 86.3 cm³/mol. The maximum absolute atomic E-state index is 13.7. The SMILES string of the molecule is CCc1ccc(C(c2cccc(F)c2)N2CCNCC2)nc1. The minimum Gasteiger partial charge on any atom is -0.314 e. The molecule has 2 aromatic rings. The first-order valence-electron chi connectivity index (χ1n) is 7.93. The van der Waals surface area contributed by atoms with Gasteiger partial charge in [0.15, 0.2) is 0 Å². The molecule has 1 aromatic carbocycles. The first kappa shape index (κ1) is 15.1. The molecule has 116 valence electrons. The molecule has 3 rings (SSSR count). The van der Waals surface area contributed by atoms with E-state index in [4.69, 9.17) is 0 Å². The molecule has 2 heterocycles. The lowest BCUT2D eigenvalue weighted by atomic mass is 9.99. The number of aryl methyl sites for hydroxylation is 1. The zero-order chi connectivity index (χ0) is 15.4. The summed E-state index contributed by atoms with van der Waals surface area (Å²) in [4.78, 5) is 7.02. The van der Waals surface area contributed by atoms with E-state index in [1.54, 1.807) is 12.1 Å². The van der Waals surface area contributed by atoms with Gasteiger partial charge in [-0.15, -0.1) is 0 Å². The highest BCUT2D eigenvalue weighted by Gasteiger charge is 2.25. The second kappa shape index (κ2) is 6.99. The quantitative estimate of drug-likeness (QED) is 0.941. The van der Waals surface area contributed by atoms with Gasteiger partial charge in [-0.1, -0.05) is 25.1 Å². The molecule has 0 bridgehead atoms. The van der Waals surface area contributed by atoms with Crippen LogP contribution < -0.4 is 5.32 Å². The van der Waals surface area contributed by atoms with Crippen molar-refractivity contribution in [3.8, 4) is 0 Å². The zero-order valence-corrected chi connectivity index (χ0v) is 12.9. The first-order chi connectivity index (χ1) is 10.8. The van der Waals surface area contributed by atoms with E-state index in [1.807, 2.05) is 12.3 Å². The molecule has 1 fully saturated rings. The highest BCUT2D eigenvalue weighted by molar-refractivity contribution is 5.29. The van der Waals surface area contributed by atoms with Gasteiger partial charge in [-0.3, -0.25) is 9.88 Å². The Labute approximate surface area is 131 Å². The Bertz CT molecular complexity index is 606. The Kier molecular flexibility index (Phi) is 4.80. The highest BCUT2D eigenvalue weighted by atomic mass is 19.1. The summed E-state index contributed by atoms with van der Waals surface area (Å²) < 4.78 is 13.7. The smallest absolute Gasteiger partial charge is 0.123 e. The van der Waals surface area contributed by atoms with Crippen molar-refractivity contribution in [1.29, 1.82) is 0 Å². The van der Waals surface area contributed by atoms with Crippen molar-refractivity contribution in [3.63, 3.8) is 0 Å². The lowest BCUT2D eigenvalue weighted by Gasteiger charge is -2.35. The molecule has 0 spiro atoms. The van der Waals surface area contributed by atoms with E-state index in [1.165, 1.54) is 11.6 Å². The lowest BCUT2D eigenvalue weighted by molar-refractivity contribution is 0.195. The molecular formula is C18H22FN3. The van der Waals surface area contributed by atoms with Gasteiger partial charge in [0.2, 0.25) is 0 Å². The van der Waals surface area contributed by atoms with Gasteiger partial charge < -0.3 is 5.32 Å². The highest BCUT2D eigenvalue weighted by Crippen LogP contribution is 2.28. The van der Waals surface area contributed by atoms with Crippen molar-refractivity contribution in [2.75, 3.05) is 26.2 Å². The van der Waals surface area contributed by atoms with Crippen molar-refractivity contribution in [1.82, 2.24) is 15.2 Å². The van der Waals surface area contributed by atoms with Crippen LogP contribution in [-0.2, 0) is 6.42 Å². The van der Waals surface area contributed by atoms with Crippen molar-refractivity contribution in [2.24, 2.45) is 0 Å². The number of nitrogens with zero attached hydrogens (tertiary/aromatic N) is 2. The van der Waals surface area contributed by atoms with Gasteiger partial charge >= 0.3 is 0 Å². The fourth-order valence-corrected chi connectivity index (χ4v) is 2.99. The fourth-order valence-electron chi connectivity index (χ4n) is 2.99. The minimum atomic E-state index is -0.192. The Morgan fingerprint density at radius 2 is 2.05 bits per heavy atom. The van der Waals surface area contributed by atoms with Gasteiger partial charge in [0.05, 0.1) is 11.7 Å². The van der Waals surface area contributed by atoms with Crippen LogP contribution in [0, 0.1) is 5.82 Å². The van der Waals surface area contributed by atoms with Gasteiger partial charge in [0, 0.05) is 32.4 Å². The number of piperazine rings is 1. The Hall–Kier alpha value is -1.78. The first-order valence-corrected chi connectivity index (χ1v) is 7.93. The molecule has 0 aliphatic carbocycles. The van der Waals surface area contributed by atoms with Crippen LogP contribution >= 0.6 is 0 Å². The van der Waals surface area contributed by atoms with E-state index in [2.05, 4.69) is 34.3 Å². The maximum atomic E-state index is 13.7. The summed E-state index contributed by atoms with van der Waals surface area (Å²) in [5.41, 5.74) is 3.19. The summed E-state index contributed by atoms with van der Waals surface area (Å²) in [6, 6.07) is 11.1. The molecule has 22 heavy (non-hydrogen) atoms. The van der Waals surface area contributed by atoms with E-state index < -0.39 is 0 Å². The number of hydrogen-bond donors (Lipinski definition) is 1. The number of aromatic nitrogens is 1. The van der Waals surface area contributed by atoms with Crippen LogP contribution in [0.3, 0.4) is 0 Å². The number of halogens is 1. The molecule has 3 nitrogen and oxygen atoms in total. The van der Waals surface area contributed by atoms with Gasteiger partial charge in [0.1, 0.15) is 5.82 Å². The van der Waals surface area contributed by atoms with E-state index in [0.29, 0.717) is 0 Å². The minimum absolute atomic E-state index is 0.0173. The largest absolute Gasteiger partial charge is 0.314 e. The average Bonchev–Trinajstić information content (AvgIpc) is 2.57. The number of rotatable bonds is 4. The van der Waals surface area contributed by atoms with E-state index in [9.17, 15) is 4.39 Å². The molecule has 0 radical (unpaired) electrons. The topological polar surface area (TPSA) is 28.2 Å². The van der Waals surface area contributed by atoms with Crippen molar-refractivity contribution in [3.05, 3.63) is 65.2 Å². The van der Waals surface area contributed by atoms with Gasteiger partial charge in [0.25, 0.3) is 0 Å². The van der Waals surface area contributed by atoms with Crippen molar-refractivity contribution >= 4 is 0 Å². The summed E-state index contributed by atoms with van der Waals surface area (Å²) in [7, 11) is 0. The third kappa shape index (κ3) is 3.34. The molecule has 1 unspecified atom stereocenters. The number of nitrogens with one attached hydrogen (secondary N) is 1. The lowest BCUT2D eigenvalue weighted by Crippen LogP contribution is -2.45. The van der Waals surface area contributed by atoms with Crippen LogP contribution in [-0.4, -0.2) is 36.1 Å². The zero-order valence-electron chi connectivity index (χ0n) is 12.9. The monoisotopic (exact) mass is 299 g/mol. The Morgan fingerprint density at radius 3 is 2.68 bits per heavy atom. The molecule has 1 saturated heterocycles. The van der Waals surface area contributed by atoms with Crippen molar-refractivity contribution < 1.29 is 4.39 Å². The number of pyridine rings is 1. The third-order valence-corrected chi connectivity index (χ3v) is 4.22. The van der Waals surface area contributed by atoms with Crippen LogP contribution in [0.1, 0.15) is 29.8 Å². The van der Waals surface area contributed by atoms with Crippen LogP contribution in [0.5, 0.6) is 0 Å². The van der Waals surface area contributed by atoms with Gasteiger partial charge in [-0.2, -0.15) is 0 Å². The predicted octanol–water partition coefficient (Wildman–Crippen LogP) is 2.78. The Morgan fingerprint density at radius 1 is 1.23 bits per heavy atom. The van der Waals surface area contributed by atoms with Crippen LogP contribution in [0.4, 0.5) is 4.39 Å². The van der Waals surface area contributed by atoms with Crippen molar-refractivity contribution in [2.45, 2.75) is 19.4 Å². The molecule has 1 aliphatic heterocycles. The maximum Gasteiger partial charge on any atom is 0.123 e. The summed E-state index contributed by atoms with van der Waals surface area (Å²) >= 11 is 0. The fraction of sp³-hybridized carbons (Fsp3) is 0.389. The average molecular weight is 299 g/mol. The molecule has 1 aromatic heterocycles. The van der Waals surface area contributed by atoms with Crippen LogP contribution in [0.15, 0.2) is 42.6 Å².